The summed E-state index contributed by atoms with van der Waals surface area (Å²) in [6.07, 6.45) is 8.83. The number of carbonyl (C=O) groups excluding carboxylic acids is 1. The molecule has 2 aromatic rings. The van der Waals surface area contributed by atoms with E-state index in [9.17, 15) is 4.79 Å². The molecule has 0 heterocycles. The van der Waals surface area contributed by atoms with Crippen LogP contribution in [0.3, 0.4) is 0 Å². The van der Waals surface area contributed by atoms with Crippen LogP contribution in [0.1, 0.15) is 32.6 Å². The van der Waals surface area contributed by atoms with Gasteiger partial charge in [0.25, 0.3) is 0 Å². The van der Waals surface area contributed by atoms with E-state index in [2.05, 4.69) is 44.7 Å². The molecule has 0 saturated carbocycles. The molecule has 2 aromatic carbocycles. The van der Waals surface area contributed by atoms with E-state index in [-0.39, 0.29) is 0 Å². The van der Waals surface area contributed by atoms with Crippen LogP contribution in [0.4, 0.5) is 0 Å². The van der Waals surface area contributed by atoms with Gasteiger partial charge in [0.2, 0.25) is 0 Å². The zero-order valence-corrected chi connectivity index (χ0v) is 13.0. The fraction of sp³-hybridized carbons (Fsp3) is 0.0952. The summed E-state index contributed by atoms with van der Waals surface area (Å²) in [5.74, 6) is 0. The molecule has 0 fully saturated rings. The molecule has 2 rings (SSSR count). The van der Waals surface area contributed by atoms with Crippen LogP contribution in [0.15, 0.2) is 66.8 Å². The standard InChI is InChI=1S/C21H20O/c1-16(7-10-19-5-4-6-20(14-19)15-22)8-11-21-12-9-17(2)13-18(21)3/h4-15H,1H2,2-3H3/b10-7+,11-8-. The van der Waals surface area contributed by atoms with E-state index in [4.69, 9.17) is 0 Å². The zero-order valence-electron chi connectivity index (χ0n) is 13.0. The number of allylic oxidation sites excluding steroid dienone is 3. The van der Waals surface area contributed by atoms with Crippen molar-refractivity contribution in [2.45, 2.75) is 13.8 Å². The smallest absolute Gasteiger partial charge is 0.150 e. The van der Waals surface area contributed by atoms with Crippen LogP contribution in [-0.2, 0) is 0 Å². The largest absolute Gasteiger partial charge is 0.298 e. The Bertz CT molecular complexity index is 748. The molecule has 0 spiro atoms. The maximum atomic E-state index is 10.8. The van der Waals surface area contributed by atoms with Crippen molar-refractivity contribution < 1.29 is 4.79 Å². The molecule has 0 aromatic heterocycles. The highest BCUT2D eigenvalue weighted by molar-refractivity contribution is 5.76. The molecule has 110 valence electrons. The molecule has 0 amide bonds. The fourth-order valence-corrected chi connectivity index (χ4v) is 2.20. The van der Waals surface area contributed by atoms with Crippen molar-refractivity contribution in [1.82, 2.24) is 0 Å². The Balaban J connectivity index is 2.07. The number of hydrogen-bond donors (Lipinski definition) is 0. The monoisotopic (exact) mass is 288 g/mol. The van der Waals surface area contributed by atoms with Crippen LogP contribution in [0.2, 0.25) is 0 Å². The molecule has 1 heteroatoms. The lowest BCUT2D eigenvalue weighted by molar-refractivity contribution is 0.112. The summed E-state index contributed by atoms with van der Waals surface area (Å²) in [4.78, 5) is 10.8. The molecule has 0 aliphatic rings. The predicted molar refractivity (Wildman–Crippen MR) is 95.0 cm³/mol. The topological polar surface area (TPSA) is 17.1 Å². The van der Waals surface area contributed by atoms with E-state index in [0.717, 1.165) is 17.4 Å². The van der Waals surface area contributed by atoms with E-state index >= 15 is 0 Å². The summed E-state index contributed by atoms with van der Waals surface area (Å²) in [7, 11) is 0. The van der Waals surface area contributed by atoms with Crippen molar-refractivity contribution in [2.75, 3.05) is 0 Å². The van der Waals surface area contributed by atoms with Crippen molar-refractivity contribution >= 4 is 18.4 Å². The first kappa shape index (κ1) is 15.7. The third kappa shape index (κ3) is 4.42. The average molecular weight is 288 g/mol. The van der Waals surface area contributed by atoms with Crippen molar-refractivity contribution in [1.29, 1.82) is 0 Å². The third-order valence-corrected chi connectivity index (χ3v) is 3.44. The molecule has 0 N–H and O–H groups in total. The summed E-state index contributed by atoms with van der Waals surface area (Å²) >= 11 is 0. The Labute approximate surface area is 132 Å². The van der Waals surface area contributed by atoms with E-state index in [1.54, 1.807) is 6.07 Å². The van der Waals surface area contributed by atoms with Gasteiger partial charge < -0.3 is 0 Å². The minimum absolute atomic E-state index is 0.679. The van der Waals surface area contributed by atoms with Gasteiger partial charge in [-0.05, 0) is 42.2 Å². The molecule has 0 atom stereocenters. The first-order valence-electron chi connectivity index (χ1n) is 7.26. The second-order valence-electron chi connectivity index (χ2n) is 5.39. The van der Waals surface area contributed by atoms with Gasteiger partial charge in [0.15, 0.2) is 0 Å². The number of aldehydes is 1. The van der Waals surface area contributed by atoms with Crippen LogP contribution in [-0.4, -0.2) is 6.29 Å². The maximum Gasteiger partial charge on any atom is 0.150 e. The van der Waals surface area contributed by atoms with E-state index in [0.29, 0.717) is 5.56 Å². The summed E-state index contributed by atoms with van der Waals surface area (Å²) in [6.45, 7) is 8.23. The predicted octanol–water partition coefficient (Wildman–Crippen LogP) is 5.40. The Morgan fingerprint density at radius 3 is 2.41 bits per heavy atom. The maximum absolute atomic E-state index is 10.8. The minimum Gasteiger partial charge on any atom is -0.298 e. The second kappa shape index (κ2) is 7.37. The van der Waals surface area contributed by atoms with Crippen molar-refractivity contribution in [3.63, 3.8) is 0 Å². The fourth-order valence-electron chi connectivity index (χ4n) is 2.20. The van der Waals surface area contributed by atoms with Crippen molar-refractivity contribution in [3.8, 4) is 0 Å². The minimum atomic E-state index is 0.679. The van der Waals surface area contributed by atoms with Gasteiger partial charge in [-0.1, -0.05) is 72.8 Å². The highest BCUT2D eigenvalue weighted by Gasteiger charge is 1.94. The molecule has 1 nitrogen and oxygen atoms in total. The van der Waals surface area contributed by atoms with E-state index in [1.807, 2.05) is 36.4 Å². The first-order chi connectivity index (χ1) is 10.6. The highest BCUT2D eigenvalue weighted by Crippen LogP contribution is 2.14. The molecule has 0 aliphatic carbocycles. The number of carbonyl (C=O) groups is 1. The van der Waals surface area contributed by atoms with E-state index < -0.39 is 0 Å². The Kier molecular flexibility index (Phi) is 5.26. The summed E-state index contributed by atoms with van der Waals surface area (Å²) in [5.41, 5.74) is 6.30. The van der Waals surface area contributed by atoms with Crippen molar-refractivity contribution in [3.05, 3.63) is 94.6 Å². The Morgan fingerprint density at radius 2 is 1.68 bits per heavy atom. The summed E-state index contributed by atoms with van der Waals surface area (Å²) in [5, 5.41) is 0. The second-order valence-corrected chi connectivity index (χ2v) is 5.39. The van der Waals surface area contributed by atoms with Crippen LogP contribution in [0.25, 0.3) is 12.2 Å². The Hall–Kier alpha value is -2.67. The SMILES string of the molecule is C=C(/C=C\c1ccc(C)cc1C)/C=C/c1cccc(C=O)c1. The summed E-state index contributed by atoms with van der Waals surface area (Å²) < 4.78 is 0. The van der Waals surface area contributed by atoms with Crippen LogP contribution in [0, 0.1) is 13.8 Å². The molecule has 0 saturated heterocycles. The lowest BCUT2D eigenvalue weighted by Gasteiger charge is -2.01. The van der Waals surface area contributed by atoms with Gasteiger partial charge in [0.05, 0.1) is 0 Å². The van der Waals surface area contributed by atoms with Crippen LogP contribution in [0.5, 0.6) is 0 Å². The van der Waals surface area contributed by atoms with E-state index in [1.165, 1.54) is 16.7 Å². The molecule has 0 radical (unpaired) electrons. The lowest BCUT2D eigenvalue weighted by atomic mass is 10.0. The van der Waals surface area contributed by atoms with Crippen LogP contribution < -0.4 is 0 Å². The normalized spacial score (nSPS) is 11.2. The molecule has 0 aliphatic heterocycles. The molecular weight excluding hydrogens is 268 g/mol. The number of rotatable bonds is 5. The van der Waals surface area contributed by atoms with Gasteiger partial charge >= 0.3 is 0 Å². The van der Waals surface area contributed by atoms with Crippen molar-refractivity contribution in [2.24, 2.45) is 0 Å². The van der Waals surface area contributed by atoms with Gasteiger partial charge in [0.1, 0.15) is 6.29 Å². The first-order valence-corrected chi connectivity index (χ1v) is 7.26. The average Bonchev–Trinajstić information content (AvgIpc) is 2.52. The van der Waals surface area contributed by atoms with Gasteiger partial charge in [-0.15, -0.1) is 0 Å². The van der Waals surface area contributed by atoms with Gasteiger partial charge in [-0.25, -0.2) is 0 Å². The molecule has 0 unspecified atom stereocenters. The van der Waals surface area contributed by atoms with Gasteiger partial charge in [0, 0.05) is 5.56 Å². The quantitative estimate of drug-likeness (QED) is 0.532. The molecule has 22 heavy (non-hydrogen) atoms. The number of aryl methyl sites for hydroxylation is 2. The van der Waals surface area contributed by atoms with Crippen LogP contribution >= 0.6 is 0 Å². The summed E-state index contributed by atoms with van der Waals surface area (Å²) in [6, 6.07) is 13.9. The lowest BCUT2D eigenvalue weighted by Crippen LogP contribution is -1.82. The molecular formula is C21H20O. The molecule has 0 bridgehead atoms. The number of hydrogen-bond acceptors (Lipinski definition) is 1. The zero-order chi connectivity index (χ0) is 15.9. The number of benzene rings is 2. The third-order valence-electron chi connectivity index (χ3n) is 3.44. The highest BCUT2D eigenvalue weighted by atomic mass is 16.1. The Morgan fingerprint density at radius 1 is 0.955 bits per heavy atom. The van der Waals surface area contributed by atoms with Gasteiger partial charge in [-0.3, -0.25) is 4.79 Å². The van der Waals surface area contributed by atoms with Gasteiger partial charge in [-0.2, -0.15) is 0 Å².